The molecule has 0 radical (unpaired) electrons. The van der Waals surface area contributed by atoms with Crippen molar-refractivity contribution in [3.8, 4) is 0 Å². The Kier molecular flexibility index (Phi) is 5.79. The number of hydrogen-bond donors (Lipinski definition) is 1. The summed E-state index contributed by atoms with van der Waals surface area (Å²) >= 11 is 5.82. The molecule has 0 saturated carbocycles. The Hall–Kier alpha value is -0.630. The predicted octanol–water partition coefficient (Wildman–Crippen LogP) is 1.38. The largest absolute Gasteiger partial charge is 0.351 e. The molecular weight excluding hydrogens is 333 g/mol. The summed E-state index contributed by atoms with van der Waals surface area (Å²) in [5.74, 6) is -0.241. The summed E-state index contributed by atoms with van der Waals surface area (Å²) < 4.78 is 33.2. The SMILES string of the molecule is CS(=O)CCNC(=O)c1cc(S(=O)(=O)Cl)ccc1Cl. The molecule has 0 fully saturated rings. The van der Waals surface area contributed by atoms with Crippen LogP contribution in [-0.4, -0.2) is 37.1 Å². The van der Waals surface area contributed by atoms with E-state index in [9.17, 15) is 17.4 Å². The average Bonchev–Trinajstić information content (AvgIpc) is 2.27. The van der Waals surface area contributed by atoms with E-state index in [0.717, 1.165) is 6.07 Å². The van der Waals surface area contributed by atoms with Gasteiger partial charge in [-0.15, -0.1) is 0 Å². The predicted molar refractivity (Wildman–Crippen MR) is 75.8 cm³/mol. The summed E-state index contributed by atoms with van der Waals surface area (Å²) in [7, 11) is 0.239. The number of nitrogens with one attached hydrogen (secondary N) is 1. The highest BCUT2D eigenvalue weighted by molar-refractivity contribution is 8.13. The molecule has 19 heavy (non-hydrogen) atoms. The maximum Gasteiger partial charge on any atom is 0.261 e. The lowest BCUT2D eigenvalue weighted by Crippen LogP contribution is -2.27. The van der Waals surface area contributed by atoms with Gasteiger partial charge in [-0.2, -0.15) is 0 Å². The van der Waals surface area contributed by atoms with E-state index in [4.69, 9.17) is 22.3 Å². The number of carbonyl (C=O) groups is 1. The number of hydrogen-bond acceptors (Lipinski definition) is 4. The van der Waals surface area contributed by atoms with Crippen LogP contribution < -0.4 is 5.32 Å². The van der Waals surface area contributed by atoms with E-state index in [0.29, 0.717) is 5.75 Å². The Morgan fingerprint density at radius 2 is 2.05 bits per heavy atom. The fourth-order valence-electron chi connectivity index (χ4n) is 1.23. The van der Waals surface area contributed by atoms with Crippen molar-refractivity contribution in [2.45, 2.75) is 4.90 Å². The maximum atomic E-state index is 11.8. The zero-order chi connectivity index (χ0) is 14.6. The molecule has 0 aliphatic heterocycles. The van der Waals surface area contributed by atoms with Crippen LogP contribution in [0.15, 0.2) is 23.1 Å². The van der Waals surface area contributed by atoms with Crippen molar-refractivity contribution in [2.24, 2.45) is 0 Å². The van der Waals surface area contributed by atoms with E-state index in [1.54, 1.807) is 0 Å². The van der Waals surface area contributed by atoms with Crippen LogP contribution in [0, 0.1) is 0 Å². The van der Waals surface area contributed by atoms with Crippen LogP contribution in [0.2, 0.25) is 5.02 Å². The van der Waals surface area contributed by atoms with Crippen LogP contribution >= 0.6 is 22.3 Å². The Bertz CT molecular complexity index is 616. The molecule has 1 N–H and O–H groups in total. The second kappa shape index (κ2) is 6.69. The molecular formula is C10H11Cl2NO4S2. The minimum absolute atomic E-state index is 0.00489. The van der Waals surface area contributed by atoms with Gasteiger partial charge in [-0.1, -0.05) is 11.6 Å². The zero-order valence-electron chi connectivity index (χ0n) is 9.85. The first-order valence-corrected chi connectivity index (χ1v) is 9.45. The van der Waals surface area contributed by atoms with Gasteiger partial charge in [0.2, 0.25) is 0 Å². The third-order valence-corrected chi connectivity index (χ3v) is 4.60. The van der Waals surface area contributed by atoms with Gasteiger partial charge in [-0.3, -0.25) is 9.00 Å². The normalized spacial score (nSPS) is 13.0. The minimum Gasteiger partial charge on any atom is -0.351 e. The van der Waals surface area contributed by atoms with Gasteiger partial charge < -0.3 is 5.32 Å². The van der Waals surface area contributed by atoms with E-state index < -0.39 is 25.8 Å². The Balaban J connectivity index is 2.93. The van der Waals surface area contributed by atoms with Crippen molar-refractivity contribution < 1.29 is 17.4 Å². The van der Waals surface area contributed by atoms with Gasteiger partial charge in [0.1, 0.15) is 0 Å². The van der Waals surface area contributed by atoms with Crippen LogP contribution in [-0.2, 0) is 19.9 Å². The maximum absolute atomic E-state index is 11.8. The molecule has 0 aliphatic rings. The molecule has 0 spiro atoms. The second-order valence-electron chi connectivity index (χ2n) is 3.61. The monoisotopic (exact) mass is 343 g/mol. The average molecular weight is 344 g/mol. The van der Waals surface area contributed by atoms with Gasteiger partial charge in [0.05, 0.1) is 15.5 Å². The highest BCUT2D eigenvalue weighted by Gasteiger charge is 2.16. The number of rotatable bonds is 5. The molecule has 0 heterocycles. The molecule has 9 heteroatoms. The van der Waals surface area contributed by atoms with Crippen LogP contribution in [0.3, 0.4) is 0 Å². The molecule has 5 nitrogen and oxygen atoms in total. The van der Waals surface area contributed by atoms with Crippen molar-refractivity contribution in [3.05, 3.63) is 28.8 Å². The lowest BCUT2D eigenvalue weighted by molar-refractivity contribution is 0.0956. The molecule has 0 aliphatic carbocycles. The quantitative estimate of drug-likeness (QED) is 0.819. The van der Waals surface area contributed by atoms with E-state index in [-0.39, 0.29) is 22.0 Å². The molecule has 1 amide bonds. The lowest BCUT2D eigenvalue weighted by Gasteiger charge is -2.07. The second-order valence-corrected chi connectivity index (χ2v) is 8.14. The minimum atomic E-state index is -3.92. The Morgan fingerprint density at radius 3 is 2.58 bits per heavy atom. The topological polar surface area (TPSA) is 80.3 Å². The Labute approximate surface area is 123 Å². The standard InChI is InChI=1S/C10H11Cl2NO4S2/c1-18(15)5-4-13-10(14)8-6-7(19(12,16)17)2-3-9(8)11/h2-3,6H,4-5H2,1H3,(H,13,14). The first-order chi connectivity index (χ1) is 8.71. The third kappa shape index (κ3) is 5.10. The summed E-state index contributed by atoms with van der Waals surface area (Å²) in [5, 5.41) is 2.61. The zero-order valence-corrected chi connectivity index (χ0v) is 13.0. The van der Waals surface area contributed by atoms with E-state index in [2.05, 4.69) is 5.32 Å². The van der Waals surface area contributed by atoms with Crippen LogP contribution in [0.4, 0.5) is 0 Å². The summed E-state index contributed by atoms with van der Waals surface area (Å²) in [5.41, 5.74) is 0.00489. The number of amides is 1. The molecule has 0 saturated heterocycles. The summed E-state index contributed by atoms with van der Waals surface area (Å²) in [6, 6.07) is 3.59. The number of carbonyl (C=O) groups excluding carboxylic acids is 1. The van der Waals surface area contributed by atoms with Crippen molar-refractivity contribution in [2.75, 3.05) is 18.6 Å². The molecule has 1 atom stereocenters. The molecule has 106 valence electrons. The van der Waals surface area contributed by atoms with E-state index >= 15 is 0 Å². The van der Waals surface area contributed by atoms with Gasteiger partial charge >= 0.3 is 0 Å². The van der Waals surface area contributed by atoms with Gasteiger partial charge in [0.25, 0.3) is 15.0 Å². The van der Waals surface area contributed by atoms with Gasteiger partial charge in [-0.05, 0) is 18.2 Å². The van der Waals surface area contributed by atoms with E-state index in [1.165, 1.54) is 18.4 Å². The van der Waals surface area contributed by atoms with Crippen molar-refractivity contribution in [3.63, 3.8) is 0 Å². The van der Waals surface area contributed by atoms with Crippen molar-refractivity contribution in [1.82, 2.24) is 5.32 Å². The molecule has 1 aromatic carbocycles. The van der Waals surface area contributed by atoms with Gasteiger partial charge in [0, 0.05) is 40.0 Å². The molecule has 1 aromatic rings. The summed E-state index contributed by atoms with van der Waals surface area (Å²) in [6.45, 7) is 0.204. The highest BCUT2D eigenvalue weighted by Crippen LogP contribution is 2.22. The van der Waals surface area contributed by atoms with E-state index in [1.807, 2.05) is 0 Å². The fraction of sp³-hybridized carbons (Fsp3) is 0.300. The first kappa shape index (κ1) is 16.4. The lowest BCUT2D eigenvalue weighted by atomic mass is 10.2. The molecule has 1 unspecified atom stereocenters. The van der Waals surface area contributed by atoms with Crippen molar-refractivity contribution in [1.29, 1.82) is 0 Å². The molecule has 0 aromatic heterocycles. The molecule has 0 bridgehead atoms. The van der Waals surface area contributed by atoms with Crippen molar-refractivity contribution >= 4 is 48.0 Å². The van der Waals surface area contributed by atoms with Gasteiger partial charge in [-0.25, -0.2) is 8.42 Å². The smallest absolute Gasteiger partial charge is 0.261 e. The van der Waals surface area contributed by atoms with Crippen LogP contribution in [0.5, 0.6) is 0 Å². The summed E-state index contributed by atoms with van der Waals surface area (Å²) in [6.07, 6.45) is 1.51. The third-order valence-electron chi connectivity index (χ3n) is 2.14. The first-order valence-electron chi connectivity index (χ1n) is 5.04. The Morgan fingerprint density at radius 1 is 1.42 bits per heavy atom. The number of benzene rings is 1. The van der Waals surface area contributed by atoms with Gasteiger partial charge in [0.15, 0.2) is 0 Å². The van der Waals surface area contributed by atoms with Crippen LogP contribution in [0.1, 0.15) is 10.4 Å². The fourth-order valence-corrected chi connectivity index (χ4v) is 2.60. The number of halogens is 2. The highest BCUT2D eigenvalue weighted by atomic mass is 35.7. The summed E-state index contributed by atoms with van der Waals surface area (Å²) in [4.78, 5) is 11.6. The van der Waals surface area contributed by atoms with Crippen LogP contribution in [0.25, 0.3) is 0 Å². The molecule has 1 rings (SSSR count).